The second-order valence-corrected chi connectivity index (χ2v) is 4.94. The maximum absolute atomic E-state index is 12.3. The molecule has 8 nitrogen and oxygen atoms in total. The number of nitrogens with zero attached hydrogens (tertiary/aromatic N) is 2. The van der Waals surface area contributed by atoms with E-state index in [9.17, 15) is 14.4 Å². The smallest absolute Gasteiger partial charge is 0.326 e. The molecular weight excluding hydrogens is 290 g/mol. The largest absolute Gasteiger partial charge is 0.481 e. The van der Waals surface area contributed by atoms with Gasteiger partial charge >= 0.3 is 11.9 Å². The summed E-state index contributed by atoms with van der Waals surface area (Å²) >= 11 is 0. The van der Waals surface area contributed by atoms with Gasteiger partial charge in [0.2, 0.25) is 0 Å². The number of hydrogen-bond donors (Lipinski definition) is 3. The molecule has 1 amide bonds. The van der Waals surface area contributed by atoms with E-state index < -0.39 is 30.3 Å². The number of hydrogen-bond acceptors (Lipinski definition) is 4. The summed E-state index contributed by atoms with van der Waals surface area (Å²) in [4.78, 5) is 38.2. The van der Waals surface area contributed by atoms with Crippen LogP contribution in [-0.2, 0) is 9.59 Å². The Morgan fingerprint density at radius 3 is 2.59 bits per heavy atom. The Hall–Kier alpha value is -2.90. The molecule has 22 heavy (non-hydrogen) atoms. The Morgan fingerprint density at radius 1 is 1.32 bits per heavy atom. The number of nitrogens with one attached hydrogen (secondary N) is 1. The number of aryl methyl sites for hydroxylation is 2. The molecule has 2 heterocycles. The summed E-state index contributed by atoms with van der Waals surface area (Å²) in [5.41, 5.74) is 2.15. The fourth-order valence-corrected chi connectivity index (χ4v) is 2.14. The minimum absolute atomic E-state index is 0.187. The molecular formula is C14H15N3O5. The summed E-state index contributed by atoms with van der Waals surface area (Å²) in [6.45, 7) is 3.52. The normalized spacial score (nSPS) is 12.1. The van der Waals surface area contributed by atoms with Gasteiger partial charge in [0, 0.05) is 6.20 Å². The number of aromatic nitrogens is 2. The number of rotatable bonds is 5. The van der Waals surface area contributed by atoms with Crippen LogP contribution < -0.4 is 5.32 Å². The van der Waals surface area contributed by atoms with Crippen molar-refractivity contribution in [2.75, 3.05) is 0 Å². The molecule has 116 valence electrons. The number of amides is 1. The van der Waals surface area contributed by atoms with Crippen LogP contribution in [0.15, 0.2) is 18.3 Å². The molecule has 0 unspecified atom stereocenters. The second-order valence-electron chi connectivity index (χ2n) is 4.94. The van der Waals surface area contributed by atoms with Crippen molar-refractivity contribution >= 4 is 23.5 Å². The van der Waals surface area contributed by atoms with Gasteiger partial charge in [-0.25, -0.2) is 9.78 Å². The summed E-state index contributed by atoms with van der Waals surface area (Å²) in [6.07, 6.45) is 0.961. The van der Waals surface area contributed by atoms with Crippen LogP contribution in [0.1, 0.15) is 28.2 Å². The Balaban J connectivity index is 2.35. The zero-order valence-electron chi connectivity index (χ0n) is 12.0. The third-order valence-corrected chi connectivity index (χ3v) is 3.15. The van der Waals surface area contributed by atoms with Crippen LogP contribution in [-0.4, -0.2) is 43.5 Å². The van der Waals surface area contributed by atoms with Crippen LogP contribution >= 0.6 is 0 Å². The van der Waals surface area contributed by atoms with Crippen molar-refractivity contribution in [2.24, 2.45) is 0 Å². The second kappa shape index (κ2) is 5.84. The monoisotopic (exact) mass is 305 g/mol. The fraction of sp³-hybridized carbons (Fsp3) is 0.286. The van der Waals surface area contributed by atoms with Crippen LogP contribution in [0.25, 0.3) is 5.65 Å². The molecule has 0 spiro atoms. The molecule has 0 radical (unpaired) electrons. The van der Waals surface area contributed by atoms with Crippen molar-refractivity contribution in [1.29, 1.82) is 0 Å². The number of pyridine rings is 1. The first-order valence-corrected chi connectivity index (χ1v) is 6.50. The average Bonchev–Trinajstić information content (AvgIpc) is 2.72. The zero-order chi connectivity index (χ0) is 16.4. The number of carboxylic acids is 2. The fourth-order valence-electron chi connectivity index (χ4n) is 2.14. The summed E-state index contributed by atoms with van der Waals surface area (Å²) in [5.74, 6) is -3.39. The van der Waals surface area contributed by atoms with Gasteiger partial charge in [-0.1, -0.05) is 0 Å². The van der Waals surface area contributed by atoms with Gasteiger partial charge in [-0.3, -0.25) is 14.0 Å². The van der Waals surface area contributed by atoms with E-state index in [4.69, 9.17) is 10.2 Å². The zero-order valence-corrected chi connectivity index (χ0v) is 12.0. The minimum atomic E-state index is -1.50. The molecule has 0 aromatic carbocycles. The van der Waals surface area contributed by atoms with E-state index in [0.29, 0.717) is 11.3 Å². The van der Waals surface area contributed by atoms with Gasteiger partial charge < -0.3 is 15.5 Å². The van der Waals surface area contributed by atoms with Crippen molar-refractivity contribution in [2.45, 2.75) is 26.3 Å². The molecule has 1 atom stereocenters. The lowest BCUT2D eigenvalue weighted by Gasteiger charge is -2.12. The highest BCUT2D eigenvalue weighted by atomic mass is 16.4. The molecule has 0 aliphatic rings. The standard InChI is InChI=1S/C14H15N3O5/c1-7-3-4-17-10(5-7)15-8(2)12(17)13(20)16-9(14(21)22)6-11(18)19/h3-5,9H,6H2,1-2H3,(H,16,20)(H,18,19)(H,21,22)/t9-/m0/s1. The molecule has 0 bridgehead atoms. The van der Waals surface area contributed by atoms with Crippen LogP contribution in [0.2, 0.25) is 0 Å². The van der Waals surface area contributed by atoms with Crippen LogP contribution in [0.5, 0.6) is 0 Å². The van der Waals surface area contributed by atoms with Crippen molar-refractivity contribution < 1.29 is 24.6 Å². The van der Waals surface area contributed by atoms with Crippen LogP contribution in [0.4, 0.5) is 0 Å². The van der Waals surface area contributed by atoms with E-state index in [1.54, 1.807) is 25.3 Å². The van der Waals surface area contributed by atoms with Crippen molar-refractivity contribution in [1.82, 2.24) is 14.7 Å². The SMILES string of the molecule is Cc1ccn2c(C(=O)N[C@@H](CC(=O)O)C(=O)O)c(C)nc2c1. The highest BCUT2D eigenvalue weighted by Gasteiger charge is 2.26. The van der Waals surface area contributed by atoms with Gasteiger partial charge in [-0.2, -0.15) is 0 Å². The number of carbonyl (C=O) groups excluding carboxylic acids is 1. The molecule has 0 aliphatic carbocycles. The molecule has 0 aliphatic heterocycles. The third-order valence-electron chi connectivity index (χ3n) is 3.15. The first kappa shape index (κ1) is 15.5. The lowest BCUT2D eigenvalue weighted by molar-refractivity contribution is -0.145. The van der Waals surface area contributed by atoms with Gasteiger partial charge in [-0.15, -0.1) is 0 Å². The third kappa shape index (κ3) is 3.05. The van der Waals surface area contributed by atoms with E-state index in [2.05, 4.69) is 10.3 Å². The highest BCUT2D eigenvalue weighted by Crippen LogP contribution is 2.14. The average molecular weight is 305 g/mol. The maximum Gasteiger partial charge on any atom is 0.326 e. The Kier molecular flexibility index (Phi) is 4.11. The molecule has 0 saturated heterocycles. The van der Waals surface area contributed by atoms with Crippen LogP contribution in [0.3, 0.4) is 0 Å². The Morgan fingerprint density at radius 2 is 2.00 bits per heavy atom. The predicted molar refractivity (Wildman–Crippen MR) is 75.8 cm³/mol. The number of carbonyl (C=O) groups is 3. The lowest BCUT2D eigenvalue weighted by atomic mass is 10.2. The quantitative estimate of drug-likeness (QED) is 0.744. The topological polar surface area (TPSA) is 121 Å². The molecule has 0 saturated carbocycles. The van der Waals surface area contributed by atoms with Gasteiger partial charge in [0.05, 0.1) is 12.1 Å². The van der Waals surface area contributed by atoms with Gasteiger partial charge in [-0.05, 0) is 31.5 Å². The lowest BCUT2D eigenvalue weighted by Crippen LogP contribution is -2.42. The Bertz CT molecular complexity index is 765. The molecule has 3 N–H and O–H groups in total. The van der Waals surface area contributed by atoms with E-state index in [1.807, 2.05) is 6.92 Å². The molecule has 2 aromatic rings. The summed E-state index contributed by atoms with van der Waals surface area (Å²) < 4.78 is 1.54. The van der Waals surface area contributed by atoms with Crippen molar-refractivity contribution in [3.05, 3.63) is 35.3 Å². The molecule has 2 aromatic heterocycles. The summed E-state index contributed by atoms with van der Waals surface area (Å²) in [5, 5.41) is 19.9. The Labute approximate surface area is 125 Å². The van der Waals surface area contributed by atoms with E-state index in [-0.39, 0.29) is 5.69 Å². The number of aliphatic carboxylic acids is 2. The minimum Gasteiger partial charge on any atom is -0.481 e. The number of carboxylic acid groups (broad SMARTS) is 2. The molecule has 8 heteroatoms. The first-order chi connectivity index (χ1) is 10.3. The van der Waals surface area contributed by atoms with Gasteiger partial charge in [0.15, 0.2) is 0 Å². The van der Waals surface area contributed by atoms with E-state index >= 15 is 0 Å². The van der Waals surface area contributed by atoms with E-state index in [0.717, 1.165) is 5.56 Å². The maximum atomic E-state index is 12.3. The number of imidazole rings is 1. The van der Waals surface area contributed by atoms with Gasteiger partial charge in [0.1, 0.15) is 17.4 Å². The van der Waals surface area contributed by atoms with Crippen molar-refractivity contribution in [3.8, 4) is 0 Å². The molecule has 0 fully saturated rings. The van der Waals surface area contributed by atoms with Crippen molar-refractivity contribution in [3.63, 3.8) is 0 Å². The first-order valence-electron chi connectivity index (χ1n) is 6.50. The molecule has 2 rings (SSSR count). The van der Waals surface area contributed by atoms with E-state index in [1.165, 1.54) is 4.40 Å². The predicted octanol–water partition coefficient (Wildman–Crippen LogP) is 0.609. The highest BCUT2D eigenvalue weighted by molar-refractivity contribution is 5.97. The summed E-state index contributed by atoms with van der Waals surface area (Å²) in [7, 11) is 0. The summed E-state index contributed by atoms with van der Waals surface area (Å²) in [6, 6.07) is 2.08. The van der Waals surface area contributed by atoms with Crippen LogP contribution in [0, 0.1) is 13.8 Å². The number of fused-ring (bicyclic) bond motifs is 1. The van der Waals surface area contributed by atoms with Gasteiger partial charge in [0.25, 0.3) is 5.91 Å².